The van der Waals surface area contributed by atoms with Crippen LogP contribution in [0.2, 0.25) is 0 Å². The van der Waals surface area contributed by atoms with Crippen molar-refractivity contribution < 1.29 is 4.79 Å². The number of piperidine rings is 1. The largest absolute Gasteiger partial charge is 0.354 e. The SMILES string of the molecule is Cc1ncccc1CN1CCCCC1CNC(=O)CCN. The average molecular weight is 290 g/mol. The number of rotatable bonds is 6. The van der Waals surface area contributed by atoms with Crippen LogP contribution in [0.3, 0.4) is 0 Å². The summed E-state index contributed by atoms with van der Waals surface area (Å²) in [7, 11) is 0. The van der Waals surface area contributed by atoms with Gasteiger partial charge in [-0.25, -0.2) is 0 Å². The highest BCUT2D eigenvalue weighted by Crippen LogP contribution is 2.20. The van der Waals surface area contributed by atoms with E-state index < -0.39 is 0 Å². The number of carbonyl (C=O) groups is 1. The van der Waals surface area contributed by atoms with Gasteiger partial charge in [0.25, 0.3) is 0 Å². The molecule has 1 unspecified atom stereocenters. The van der Waals surface area contributed by atoms with Gasteiger partial charge in [0.2, 0.25) is 5.91 Å². The molecule has 0 aliphatic carbocycles. The number of hydrogen-bond donors (Lipinski definition) is 2. The summed E-state index contributed by atoms with van der Waals surface area (Å²) in [5.41, 5.74) is 7.77. The predicted octanol–water partition coefficient (Wildman–Crippen LogP) is 1.21. The van der Waals surface area contributed by atoms with Crippen molar-refractivity contribution in [2.24, 2.45) is 5.73 Å². The van der Waals surface area contributed by atoms with Crippen molar-refractivity contribution in [1.29, 1.82) is 0 Å². The van der Waals surface area contributed by atoms with E-state index in [0.717, 1.165) is 31.7 Å². The number of pyridine rings is 1. The molecule has 3 N–H and O–H groups in total. The van der Waals surface area contributed by atoms with Gasteiger partial charge in [-0.15, -0.1) is 0 Å². The summed E-state index contributed by atoms with van der Waals surface area (Å²) < 4.78 is 0. The highest BCUT2D eigenvalue weighted by molar-refractivity contribution is 5.76. The molecule has 1 aliphatic heterocycles. The zero-order valence-electron chi connectivity index (χ0n) is 12.8. The molecular weight excluding hydrogens is 264 g/mol. The van der Waals surface area contributed by atoms with Crippen molar-refractivity contribution in [2.45, 2.75) is 45.2 Å². The molecule has 5 nitrogen and oxygen atoms in total. The van der Waals surface area contributed by atoms with Crippen LogP contribution in [0.1, 0.15) is 36.9 Å². The maximum Gasteiger partial charge on any atom is 0.221 e. The first-order valence-corrected chi connectivity index (χ1v) is 7.82. The lowest BCUT2D eigenvalue weighted by molar-refractivity contribution is -0.121. The van der Waals surface area contributed by atoms with Crippen molar-refractivity contribution in [3.05, 3.63) is 29.6 Å². The lowest BCUT2D eigenvalue weighted by atomic mass is 10.0. The molecule has 0 saturated carbocycles. The highest BCUT2D eigenvalue weighted by Gasteiger charge is 2.23. The number of aryl methyl sites for hydroxylation is 1. The molecule has 2 rings (SSSR count). The fourth-order valence-electron chi connectivity index (χ4n) is 2.85. The number of carbonyl (C=O) groups excluding carboxylic acids is 1. The summed E-state index contributed by atoms with van der Waals surface area (Å²) in [4.78, 5) is 18.4. The maximum atomic E-state index is 11.6. The number of hydrogen-bond acceptors (Lipinski definition) is 4. The molecule has 0 radical (unpaired) electrons. The standard InChI is InChI=1S/C16H26N4O/c1-13-14(5-4-9-18-13)12-20-10-3-2-6-15(20)11-19-16(21)7-8-17/h4-5,9,15H,2-3,6-8,10-12,17H2,1H3,(H,19,21). The van der Waals surface area contributed by atoms with Crippen molar-refractivity contribution >= 4 is 5.91 Å². The summed E-state index contributed by atoms with van der Waals surface area (Å²) >= 11 is 0. The van der Waals surface area contributed by atoms with E-state index in [-0.39, 0.29) is 5.91 Å². The molecular formula is C16H26N4O. The smallest absolute Gasteiger partial charge is 0.221 e. The first-order valence-electron chi connectivity index (χ1n) is 7.82. The lowest BCUT2D eigenvalue weighted by Gasteiger charge is -2.36. The number of nitrogens with two attached hydrogens (primary N) is 1. The average Bonchev–Trinajstić information content (AvgIpc) is 2.49. The Morgan fingerprint density at radius 1 is 1.52 bits per heavy atom. The van der Waals surface area contributed by atoms with Gasteiger partial charge < -0.3 is 11.1 Å². The molecule has 116 valence electrons. The second-order valence-corrected chi connectivity index (χ2v) is 5.71. The Labute approximate surface area is 126 Å². The van der Waals surface area contributed by atoms with E-state index in [2.05, 4.69) is 28.2 Å². The molecule has 0 aromatic carbocycles. The van der Waals surface area contributed by atoms with Crippen LogP contribution in [-0.2, 0) is 11.3 Å². The Hall–Kier alpha value is -1.46. The number of likely N-dealkylation sites (tertiary alicyclic amines) is 1. The molecule has 1 aromatic heterocycles. The molecule has 1 saturated heterocycles. The van der Waals surface area contributed by atoms with Crippen molar-refractivity contribution in [3.63, 3.8) is 0 Å². The summed E-state index contributed by atoms with van der Waals surface area (Å²) in [5, 5.41) is 3.01. The quantitative estimate of drug-likeness (QED) is 0.826. The molecule has 5 heteroatoms. The van der Waals surface area contributed by atoms with Crippen LogP contribution < -0.4 is 11.1 Å². The van der Waals surface area contributed by atoms with Crippen molar-refractivity contribution in [2.75, 3.05) is 19.6 Å². The second kappa shape index (κ2) is 8.10. The molecule has 0 spiro atoms. The van der Waals surface area contributed by atoms with E-state index in [1.165, 1.54) is 18.4 Å². The minimum atomic E-state index is 0.0561. The fraction of sp³-hybridized carbons (Fsp3) is 0.625. The third kappa shape index (κ3) is 4.79. The van der Waals surface area contributed by atoms with Gasteiger partial charge >= 0.3 is 0 Å². The molecule has 0 bridgehead atoms. The van der Waals surface area contributed by atoms with Gasteiger partial charge in [0, 0.05) is 44.0 Å². The second-order valence-electron chi connectivity index (χ2n) is 5.71. The monoisotopic (exact) mass is 290 g/mol. The maximum absolute atomic E-state index is 11.6. The Kier molecular flexibility index (Phi) is 6.14. The summed E-state index contributed by atoms with van der Waals surface area (Å²) in [6.07, 6.45) is 5.85. The zero-order chi connectivity index (χ0) is 15.1. The van der Waals surface area contributed by atoms with Gasteiger partial charge in [-0.3, -0.25) is 14.7 Å². The van der Waals surface area contributed by atoms with Crippen LogP contribution in [0.25, 0.3) is 0 Å². The van der Waals surface area contributed by atoms with E-state index in [4.69, 9.17) is 5.73 Å². The normalized spacial score (nSPS) is 19.4. The molecule has 1 atom stereocenters. The molecule has 1 amide bonds. The van der Waals surface area contributed by atoms with Gasteiger partial charge in [-0.05, 0) is 37.9 Å². The van der Waals surface area contributed by atoms with E-state index in [9.17, 15) is 4.79 Å². The Morgan fingerprint density at radius 2 is 2.38 bits per heavy atom. The van der Waals surface area contributed by atoms with Gasteiger partial charge in [0.1, 0.15) is 0 Å². The molecule has 21 heavy (non-hydrogen) atoms. The van der Waals surface area contributed by atoms with Crippen LogP contribution in [0.5, 0.6) is 0 Å². The minimum absolute atomic E-state index is 0.0561. The fourth-order valence-corrected chi connectivity index (χ4v) is 2.85. The number of aromatic nitrogens is 1. The van der Waals surface area contributed by atoms with E-state index in [1.807, 2.05) is 12.3 Å². The summed E-state index contributed by atoms with van der Waals surface area (Å²) in [6, 6.07) is 4.55. The molecule has 1 aliphatic rings. The Balaban J connectivity index is 1.92. The van der Waals surface area contributed by atoms with Crippen LogP contribution >= 0.6 is 0 Å². The number of nitrogens with one attached hydrogen (secondary N) is 1. The number of amides is 1. The van der Waals surface area contributed by atoms with Crippen LogP contribution in [0.4, 0.5) is 0 Å². The molecule has 2 heterocycles. The highest BCUT2D eigenvalue weighted by atomic mass is 16.1. The summed E-state index contributed by atoms with van der Waals surface area (Å²) in [5.74, 6) is 0.0561. The Bertz CT molecular complexity index is 463. The minimum Gasteiger partial charge on any atom is -0.354 e. The predicted molar refractivity (Wildman–Crippen MR) is 83.7 cm³/mol. The first kappa shape index (κ1) is 15.9. The topological polar surface area (TPSA) is 71.2 Å². The third-order valence-corrected chi connectivity index (χ3v) is 4.15. The summed E-state index contributed by atoms with van der Waals surface area (Å²) in [6.45, 7) is 5.19. The molecule has 1 aromatic rings. The number of nitrogens with zero attached hydrogens (tertiary/aromatic N) is 2. The van der Waals surface area contributed by atoms with Crippen LogP contribution in [-0.4, -0.2) is 41.5 Å². The van der Waals surface area contributed by atoms with Gasteiger partial charge in [0.05, 0.1) is 0 Å². The van der Waals surface area contributed by atoms with Gasteiger partial charge in [0.15, 0.2) is 0 Å². The lowest BCUT2D eigenvalue weighted by Crippen LogP contribution is -2.46. The first-order chi connectivity index (χ1) is 10.2. The third-order valence-electron chi connectivity index (χ3n) is 4.15. The zero-order valence-corrected chi connectivity index (χ0v) is 12.8. The van der Waals surface area contributed by atoms with Crippen LogP contribution in [0.15, 0.2) is 18.3 Å². The van der Waals surface area contributed by atoms with E-state index in [0.29, 0.717) is 19.0 Å². The Morgan fingerprint density at radius 3 is 3.14 bits per heavy atom. The van der Waals surface area contributed by atoms with Crippen LogP contribution in [0, 0.1) is 6.92 Å². The van der Waals surface area contributed by atoms with Crippen molar-refractivity contribution in [1.82, 2.24) is 15.2 Å². The van der Waals surface area contributed by atoms with Gasteiger partial charge in [-0.2, -0.15) is 0 Å². The molecule has 1 fully saturated rings. The van der Waals surface area contributed by atoms with Gasteiger partial charge in [-0.1, -0.05) is 12.5 Å². The van der Waals surface area contributed by atoms with E-state index >= 15 is 0 Å². The van der Waals surface area contributed by atoms with E-state index in [1.54, 1.807) is 0 Å². The van der Waals surface area contributed by atoms with Crippen molar-refractivity contribution in [3.8, 4) is 0 Å².